The van der Waals surface area contributed by atoms with Gasteiger partial charge < -0.3 is 9.84 Å². The van der Waals surface area contributed by atoms with E-state index in [0.29, 0.717) is 31.6 Å². The molecule has 2 heterocycles. The number of piperidine rings is 1. The Labute approximate surface area is 178 Å². The molecule has 1 fully saturated rings. The summed E-state index contributed by atoms with van der Waals surface area (Å²) in [6, 6.07) is 6.08. The minimum atomic E-state index is -3.84. The molecule has 0 radical (unpaired) electrons. The Morgan fingerprint density at radius 2 is 2.07 bits per heavy atom. The van der Waals surface area contributed by atoms with Gasteiger partial charge in [-0.15, -0.1) is 0 Å². The van der Waals surface area contributed by atoms with Crippen LogP contribution in [0.5, 0.6) is 0 Å². The average molecular weight is 432 g/mol. The quantitative estimate of drug-likeness (QED) is 0.758. The van der Waals surface area contributed by atoms with E-state index in [1.54, 1.807) is 13.0 Å². The van der Waals surface area contributed by atoms with Crippen LogP contribution in [-0.2, 0) is 14.8 Å². The highest BCUT2D eigenvalue weighted by Crippen LogP contribution is 2.29. The van der Waals surface area contributed by atoms with Crippen molar-refractivity contribution < 1.29 is 17.7 Å². The Balaban J connectivity index is 1.90. The first kappa shape index (κ1) is 22.2. The summed E-state index contributed by atoms with van der Waals surface area (Å²) in [7, 11) is -3.84. The summed E-state index contributed by atoms with van der Waals surface area (Å²) in [6.07, 6.45) is 4.81. The summed E-state index contributed by atoms with van der Waals surface area (Å²) in [4.78, 5) is 12.3. The van der Waals surface area contributed by atoms with E-state index in [9.17, 15) is 13.2 Å². The molecule has 1 atom stereocenters. The Hall–Kier alpha value is -2.45. The molecule has 7 nitrogen and oxygen atoms in total. The number of sulfonamides is 1. The van der Waals surface area contributed by atoms with Crippen LogP contribution in [-0.4, -0.2) is 43.4 Å². The first-order valence-corrected chi connectivity index (χ1v) is 11.7. The molecule has 0 aliphatic carbocycles. The van der Waals surface area contributed by atoms with Crippen LogP contribution in [0.3, 0.4) is 0 Å². The Kier molecular flexibility index (Phi) is 6.77. The molecule has 1 aromatic carbocycles. The zero-order valence-corrected chi connectivity index (χ0v) is 18.8. The van der Waals surface area contributed by atoms with E-state index in [2.05, 4.69) is 10.5 Å². The maximum Gasteiger partial charge on any atom is 0.248 e. The van der Waals surface area contributed by atoms with E-state index < -0.39 is 10.0 Å². The van der Waals surface area contributed by atoms with Gasteiger partial charge in [0.15, 0.2) is 10.7 Å². The van der Waals surface area contributed by atoms with Crippen molar-refractivity contribution in [1.29, 1.82) is 0 Å². The van der Waals surface area contributed by atoms with Gasteiger partial charge >= 0.3 is 0 Å². The van der Waals surface area contributed by atoms with Crippen LogP contribution >= 0.6 is 0 Å². The number of carbonyl (C=O) groups is 1. The van der Waals surface area contributed by atoms with Gasteiger partial charge in [-0.3, -0.25) is 4.79 Å². The molecule has 30 heavy (non-hydrogen) atoms. The number of benzene rings is 1. The number of aromatic nitrogens is 1. The van der Waals surface area contributed by atoms with E-state index in [-0.39, 0.29) is 29.0 Å². The lowest BCUT2D eigenvalue weighted by Gasteiger charge is -2.31. The molecule has 1 aliphatic rings. The van der Waals surface area contributed by atoms with E-state index in [0.717, 1.165) is 16.7 Å². The number of nitrogens with zero attached hydrogens (tertiary/aromatic N) is 2. The summed E-state index contributed by atoms with van der Waals surface area (Å²) in [5, 5.41) is 6.69. The van der Waals surface area contributed by atoms with Gasteiger partial charge in [-0.1, -0.05) is 35.0 Å². The van der Waals surface area contributed by atoms with Gasteiger partial charge in [0.1, 0.15) is 5.69 Å². The predicted molar refractivity (Wildman–Crippen MR) is 116 cm³/mol. The number of hydrogen-bond donors (Lipinski definition) is 1. The van der Waals surface area contributed by atoms with Crippen LogP contribution in [0, 0.1) is 26.7 Å². The molecule has 2 aromatic rings. The lowest BCUT2D eigenvalue weighted by atomic mass is 9.99. The van der Waals surface area contributed by atoms with Gasteiger partial charge in [-0.2, -0.15) is 4.31 Å². The molecular formula is C22H29N3O4S. The fraction of sp³-hybridized carbons (Fsp3) is 0.455. The average Bonchev–Trinajstić information content (AvgIpc) is 3.10. The summed E-state index contributed by atoms with van der Waals surface area (Å²) < 4.78 is 33.6. The second-order valence-corrected chi connectivity index (χ2v) is 9.63. The van der Waals surface area contributed by atoms with Gasteiger partial charge in [-0.25, -0.2) is 8.42 Å². The monoisotopic (exact) mass is 431 g/mol. The summed E-state index contributed by atoms with van der Waals surface area (Å²) in [5.41, 5.74) is 3.50. The van der Waals surface area contributed by atoms with Gasteiger partial charge in [0.2, 0.25) is 15.9 Å². The molecule has 1 amide bonds. The molecule has 162 valence electrons. The van der Waals surface area contributed by atoms with Gasteiger partial charge in [0, 0.05) is 19.6 Å². The van der Waals surface area contributed by atoms with Crippen molar-refractivity contribution in [3.63, 3.8) is 0 Å². The van der Waals surface area contributed by atoms with Crippen molar-refractivity contribution in [2.75, 3.05) is 19.6 Å². The van der Waals surface area contributed by atoms with Gasteiger partial charge in [0.05, 0.1) is 5.92 Å². The van der Waals surface area contributed by atoms with Crippen LogP contribution < -0.4 is 5.32 Å². The first-order valence-electron chi connectivity index (χ1n) is 10.2. The SMILES string of the molecule is CCNC(=O)[C@@H]1CCCN(S(=O)(=O)c2c(C)noc2/C=C/c2cc(C)ccc2C)C1. The van der Waals surface area contributed by atoms with Crippen molar-refractivity contribution >= 4 is 28.1 Å². The number of amides is 1. The van der Waals surface area contributed by atoms with Crippen molar-refractivity contribution in [2.24, 2.45) is 5.92 Å². The number of hydrogen-bond acceptors (Lipinski definition) is 5. The van der Waals surface area contributed by atoms with Crippen molar-refractivity contribution in [3.05, 3.63) is 46.3 Å². The topological polar surface area (TPSA) is 92.5 Å². The standard InChI is InChI=1S/C22H29N3O4S/c1-5-23-22(26)19-7-6-12-25(14-19)30(27,28)21-17(4)24-29-20(21)11-10-18-13-15(2)8-9-16(18)3/h8-11,13,19H,5-7,12,14H2,1-4H3,(H,23,26)/b11-10+/t19-/m1/s1. The Morgan fingerprint density at radius 3 is 2.80 bits per heavy atom. The number of aryl methyl sites for hydroxylation is 3. The lowest BCUT2D eigenvalue weighted by Crippen LogP contribution is -2.45. The number of nitrogens with one attached hydrogen (secondary N) is 1. The van der Waals surface area contributed by atoms with Crippen LogP contribution in [0.15, 0.2) is 27.6 Å². The second-order valence-electron chi connectivity index (χ2n) is 7.75. The van der Waals surface area contributed by atoms with E-state index in [1.807, 2.05) is 45.0 Å². The highest BCUT2D eigenvalue weighted by Gasteiger charge is 2.36. The maximum absolute atomic E-state index is 13.4. The molecule has 1 aromatic heterocycles. The van der Waals surface area contributed by atoms with Gasteiger partial charge in [-0.05, 0) is 57.7 Å². The molecule has 1 aliphatic heterocycles. The zero-order chi connectivity index (χ0) is 21.9. The maximum atomic E-state index is 13.4. The molecule has 0 spiro atoms. The van der Waals surface area contributed by atoms with Crippen molar-refractivity contribution in [3.8, 4) is 0 Å². The third kappa shape index (κ3) is 4.65. The third-order valence-electron chi connectivity index (χ3n) is 5.39. The minimum absolute atomic E-state index is 0.0700. The Morgan fingerprint density at radius 1 is 1.30 bits per heavy atom. The Bertz CT molecular complexity index is 1060. The van der Waals surface area contributed by atoms with Gasteiger partial charge in [0.25, 0.3) is 0 Å². The largest absolute Gasteiger partial charge is 0.356 e. The number of rotatable bonds is 6. The van der Waals surface area contributed by atoms with Crippen LogP contribution in [0.4, 0.5) is 0 Å². The molecule has 0 bridgehead atoms. The van der Waals surface area contributed by atoms with Crippen LogP contribution in [0.25, 0.3) is 12.2 Å². The molecule has 0 saturated carbocycles. The fourth-order valence-corrected chi connectivity index (χ4v) is 5.50. The second kappa shape index (κ2) is 9.14. The van der Waals surface area contributed by atoms with E-state index in [1.165, 1.54) is 4.31 Å². The molecule has 0 unspecified atom stereocenters. The van der Waals surface area contributed by atoms with Crippen LogP contribution in [0.2, 0.25) is 0 Å². The summed E-state index contributed by atoms with van der Waals surface area (Å²) in [5.74, 6) is -0.245. The summed E-state index contributed by atoms with van der Waals surface area (Å²) in [6.45, 7) is 8.55. The zero-order valence-electron chi connectivity index (χ0n) is 17.9. The number of carbonyl (C=O) groups excluding carboxylic acids is 1. The highest BCUT2D eigenvalue weighted by molar-refractivity contribution is 7.89. The molecule has 1 N–H and O–H groups in total. The predicted octanol–water partition coefficient (Wildman–Crippen LogP) is 3.31. The van der Waals surface area contributed by atoms with Crippen LogP contribution in [0.1, 0.15) is 47.9 Å². The molecule has 8 heteroatoms. The highest BCUT2D eigenvalue weighted by atomic mass is 32.2. The molecule has 1 saturated heterocycles. The first-order chi connectivity index (χ1) is 14.2. The summed E-state index contributed by atoms with van der Waals surface area (Å²) >= 11 is 0. The van der Waals surface area contributed by atoms with Crippen molar-refractivity contribution in [2.45, 2.75) is 45.4 Å². The van der Waals surface area contributed by atoms with E-state index in [4.69, 9.17) is 4.52 Å². The molecular weight excluding hydrogens is 402 g/mol. The fourth-order valence-electron chi connectivity index (χ4n) is 3.73. The third-order valence-corrected chi connectivity index (χ3v) is 7.41. The normalized spacial score (nSPS) is 18.1. The minimum Gasteiger partial charge on any atom is -0.356 e. The lowest BCUT2D eigenvalue weighted by molar-refractivity contribution is -0.125. The van der Waals surface area contributed by atoms with Crippen molar-refractivity contribution in [1.82, 2.24) is 14.8 Å². The smallest absolute Gasteiger partial charge is 0.248 e. The molecule has 3 rings (SSSR count). The van der Waals surface area contributed by atoms with E-state index >= 15 is 0 Å².